The lowest BCUT2D eigenvalue weighted by Crippen LogP contribution is -2.41. The van der Waals surface area contributed by atoms with Gasteiger partial charge in [-0.1, -0.05) is 24.3 Å². The van der Waals surface area contributed by atoms with Crippen molar-refractivity contribution < 1.29 is 18.0 Å². The van der Waals surface area contributed by atoms with Gasteiger partial charge in [-0.2, -0.15) is 13.2 Å². The maximum absolute atomic E-state index is 13.1. The molecule has 1 fully saturated rings. The molecule has 2 aliphatic rings. The molecule has 0 N–H and O–H groups in total. The van der Waals surface area contributed by atoms with Gasteiger partial charge in [-0.15, -0.1) is 0 Å². The lowest BCUT2D eigenvalue weighted by molar-refractivity contribution is -0.137. The molecule has 2 aromatic carbocycles. The highest BCUT2D eigenvalue weighted by atomic mass is 19.4. The van der Waals surface area contributed by atoms with Gasteiger partial charge < -0.3 is 14.7 Å². The van der Waals surface area contributed by atoms with Crippen molar-refractivity contribution in [2.24, 2.45) is 5.92 Å². The fourth-order valence-corrected chi connectivity index (χ4v) is 5.50. The number of aromatic nitrogens is 2. The highest BCUT2D eigenvalue weighted by molar-refractivity contribution is 5.97. The van der Waals surface area contributed by atoms with Crippen LogP contribution in [0.3, 0.4) is 0 Å². The fourth-order valence-electron chi connectivity index (χ4n) is 5.50. The highest BCUT2D eigenvalue weighted by Crippen LogP contribution is 2.32. The van der Waals surface area contributed by atoms with Gasteiger partial charge >= 0.3 is 6.18 Å². The quantitative estimate of drug-likeness (QED) is 0.386. The van der Waals surface area contributed by atoms with E-state index < -0.39 is 11.7 Å². The number of aryl methyl sites for hydroxylation is 1. The molecular weight excluding hydrogens is 503 g/mol. The maximum atomic E-state index is 13.1. The summed E-state index contributed by atoms with van der Waals surface area (Å²) < 4.78 is 39.3. The van der Waals surface area contributed by atoms with Crippen LogP contribution in [-0.2, 0) is 25.6 Å². The molecule has 0 aliphatic carbocycles. The molecule has 2 aliphatic heterocycles. The molecule has 39 heavy (non-hydrogen) atoms. The smallest absolute Gasteiger partial charge is 0.349 e. The molecule has 0 bridgehead atoms. The number of hydrogen-bond donors (Lipinski definition) is 0. The number of rotatable bonds is 6. The number of anilines is 2. The molecule has 5 rings (SSSR count). The van der Waals surface area contributed by atoms with Crippen LogP contribution in [0.15, 0.2) is 48.7 Å². The van der Waals surface area contributed by atoms with E-state index in [0.29, 0.717) is 19.1 Å². The SMILES string of the molecule is Cc1ccc(CC(=O)c2cccc(C(F)(F)F)c2)cc1N1Cc2cnc(CC3CCN(C)CC3)nc2N(C)C1. The van der Waals surface area contributed by atoms with E-state index in [2.05, 4.69) is 21.7 Å². The van der Waals surface area contributed by atoms with E-state index >= 15 is 0 Å². The molecule has 1 aromatic heterocycles. The van der Waals surface area contributed by atoms with Crippen molar-refractivity contribution in [3.8, 4) is 0 Å². The summed E-state index contributed by atoms with van der Waals surface area (Å²) in [5, 5.41) is 0. The summed E-state index contributed by atoms with van der Waals surface area (Å²) in [5.41, 5.74) is 3.09. The van der Waals surface area contributed by atoms with E-state index in [-0.39, 0.29) is 17.8 Å². The Kier molecular flexibility index (Phi) is 7.62. The summed E-state index contributed by atoms with van der Waals surface area (Å²) in [6, 6.07) is 10.4. The van der Waals surface area contributed by atoms with Gasteiger partial charge in [-0.05, 0) is 75.1 Å². The number of carbonyl (C=O) groups is 1. The van der Waals surface area contributed by atoms with Crippen molar-refractivity contribution in [2.75, 3.05) is 43.7 Å². The second-order valence-corrected chi connectivity index (χ2v) is 10.9. The van der Waals surface area contributed by atoms with Crippen molar-refractivity contribution in [1.82, 2.24) is 14.9 Å². The summed E-state index contributed by atoms with van der Waals surface area (Å²) >= 11 is 0. The van der Waals surface area contributed by atoms with Crippen molar-refractivity contribution in [3.05, 3.63) is 82.3 Å². The lowest BCUT2D eigenvalue weighted by Gasteiger charge is -2.37. The molecule has 3 aromatic rings. The fraction of sp³-hybridized carbons (Fsp3) is 0.433. The molecule has 0 unspecified atom stereocenters. The monoisotopic (exact) mass is 537 g/mol. The summed E-state index contributed by atoms with van der Waals surface area (Å²) in [4.78, 5) is 29.2. The molecule has 0 saturated carbocycles. The van der Waals surface area contributed by atoms with Crippen molar-refractivity contribution in [2.45, 2.75) is 45.3 Å². The molecule has 206 valence electrons. The van der Waals surface area contributed by atoms with Crippen LogP contribution in [0.5, 0.6) is 0 Å². The first-order valence-corrected chi connectivity index (χ1v) is 13.4. The van der Waals surface area contributed by atoms with Crippen LogP contribution in [0.25, 0.3) is 0 Å². The van der Waals surface area contributed by atoms with E-state index in [0.717, 1.165) is 65.7 Å². The molecule has 3 heterocycles. The normalized spacial score (nSPS) is 16.9. The first-order chi connectivity index (χ1) is 18.6. The number of Topliss-reactive ketones (excluding diaryl/α,β-unsaturated/α-hetero) is 1. The molecule has 0 atom stereocenters. The molecule has 1 saturated heterocycles. The first-order valence-electron chi connectivity index (χ1n) is 13.4. The maximum Gasteiger partial charge on any atom is 0.416 e. The Morgan fingerprint density at radius 3 is 2.59 bits per heavy atom. The second kappa shape index (κ2) is 11.0. The van der Waals surface area contributed by atoms with Crippen molar-refractivity contribution in [3.63, 3.8) is 0 Å². The third-order valence-corrected chi connectivity index (χ3v) is 7.80. The minimum Gasteiger partial charge on any atom is -0.349 e. The molecule has 6 nitrogen and oxygen atoms in total. The Morgan fingerprint density at radius 1 is 1.08 bits per heavy atom. The Balaban J connectivity index is 1.30. The zero-order chi connectivity index (χ0) is 27.7. The second-order valence-electron chi connectivity index (χ2n) is 10.9. The Hall–Kier alpha value is -3.46. The molecule has 9 heteroatoms. The molecule has 0 spiro atoms. The summed E-state index contributed by atoms with van der Waals surface area (Å²) in [5.74, 6) is 2.13. The van der Waals surface area contributed by atoms with Crippen LogP contribution in [-0.4, -0.2) is 54.5 Å². The van der Waals surface area contributed by atoms with E-state index in [1.54, 1.807) is 0 Å². The first kappa shape index (κ1) is 27.1. The molecule has 0 radical (unpaired) electrons. The van der Waals surface area contributed by atoms with E-state index in [9.17, 15) is 18.0 Å². The number of nitrogens with zero attached hydrogens (tertiary/aromatic N) is 5. The number of hydrogen-bond acceptors (Lipinski definition) is 6. The minimum absolute atomic E-state index is 0.0261. The van der Waals surface area contributed by atoms with Crippen LogP contribution in [0.1, 0.15) is 51.3 Å². The largest absolute Gasteiger partial charge is 0.416 e. The predicted octanol–water partition coefficient (Wildman–Crippen LogP) is 5.53. The van der Waals surface area contributed by atoms with Crippen LogP contribution in [0.2, 0.25) is 0 Å². The van der Waals surface area contributed by atoms with Gasteiger partial charge in [0.1, 0.15) is 11.6 Å². The summed E-state index contributed by atoms with van der Waals surface area (Å²) in [7, 11) is 4.19. The Bertz CT molecular complexity index is 1350. The standard InChI is InChI=1S/C30H34F3N5O/c1-20-7-8-22(14-27(39)23-5-4-6-25(16-23)30(31,32)33)13-26(20)38-18-24-17-34-28(35-29(24)37(3)19-38)15-21-9-11-36(2)12-10-21/h4-8,13,16-17,21H,9-12,14-15,18-19H2,1-3H3. The predicted molar refractivity (Wildman–Crippen MR) is 146 cm³/mol. The summed E-state index contributed by atoms with van der Waals surface area (Å²) in [6.07, 6.45) is 0.726. The topological polar surface area (TPSA) is 52.6 Å². The number of piperidine rings is 1. The van der Waals surface area contributed by atoms with Gasteiger partial charge in [0.15, 0.2) is 5.78 Å². The average Bonchev–Trinajstić information content (AvgIpc) is 2.91. The van der Waals surface area contributed by atoms with Gasteiger partial charge in [-0.25, -0.2) is 9.97 Å². The summed E-state index contributed by atoms with van der Waals surface area (Å²) in [6.45, 7) is 5.52. The van der Waals surface area contributed by atoms with Crippen LogP contribution in [0, 0.1) is 12.8 Å². The van der Waals surface area contributed by atoms with Crippen LogP contribution >= 0.6 is 0 Å². The Morgan fingerprint density at radius 2 is 1.85 bits per heavy atom. The molecule has 0 amide bonds. The number of carbonyl (C=O) groups excluding carboxylic acids is 1. The number of fused-ring (bicyclic) bond motifs is 1. The zero-order valence-corrected chi connectivity index (χ0v) is 22.6. The van der Waals surface area contributed by atoms with Crippen LogP contribution in [0.4, 0.5) is 24.7 Å². The van der Waals surface area contributed by atoms with Gasteiger partial charge in [-0.3, -0.25) is 4.79 Å². The van der Waals surface area contributed by atoms with E-state index in [1.165, 1.54) is 25.0 Å². The number of ketones is 1. The molecular formula is C30H34F3N5O. The van der Waals surface area contributed by atoms with Crippen molar-refractivity contribution in [1.29, 1.82) is 0 Å². The van der Waals surface area contributed by atoms with Gasteiger partial charge in [0.05, 0.1) is 12.2 Å². The number of likely N-dealkylation sites (tertiary alicyclic amines) is 1. The third-order valence-electron chi connectivity index (χ3n) is 7.80. The van der Waals surface area contributed by atoms with Gasteiger partial charge in [0, 0.05) is 49.4 Å². The zero-order valence-electron chi connectivity index (χ0n) is 22.6. The van der Waals surface area contributed by atoms with Gasteiger partial charge in [0.2, 0.25) is 0 Å². The highest BCUT2D eigenvalue weighted by Gasteiger charge is 2.31. The number of benzene rings is 2. The van der Waals surface area contributed by atoms with Crippen molar-refractivity contribution >= 4 is 17.3 Å². The third kappa shape index (κ3) is 6.24. The lowest BCUT2D eigenvalue weighted by atomic mass is 9.93. The number of halogens is 3. The number of alkyl halides is 3. The Labute approximate surface area is 227 Å². The minimum atomic E-state index is -4.48. The van der Waals surface area contributed by atoms with E-state index in [4.69, 9.17) is 9.97 Å². The van der Waals surface area contributed by atoms with Crippen LogP contribution < -0.4 is 9.80 Å². The average molecular weight is 538 g/mol. The van der Waals surface area contributed by atoms with Gasteiger partial charge in [0.25, 0.3) is 0 Å². The van der Waals surface area contributed by atoms with E-state index in [1.807, 2.05) is 38.4 Å².